The van der Waals surface area contributed by atoms with Crippen molar-refractivity contribution in [2.75, 3.05) is 11.1 Å². The number of rotatable bonds is 2. The normalized spacial score (nSPS) is 10.5. The summed E-state index contributed by atoms with van der Waals surface area (Å²) in [5.41, 5.74) is 7.28. The maximum Gasteiger partial charge on any atom is 0.259 e. The number of fused-ring (bicyclic) bond motifs is 1. The third-order valence-electron chi connectivity index (χ3n) is 3.16. The number of anilines is 2. The molecule has 1 heterocycles. The van der Waals surface area contributed by atoms with Gasteiger partial charge in [0.25, 0.3) is 5.91 Å². The van der Waals surface area contributed by atoms with Crippen molar-refractivity contribution in [3.63, 3.8) is 0 Å². The van der Waals surface area contributed by atoms with E-state index in [0.717, 1.165) is 20.9 Å². The van der Waals surface area contributed by atoms with Gasteiger partial charge in [0.1, 0.15) is 0 Å². The Balaban J connectivity index is 1.90. The Labute approximate surface area is 130 Å². The van der Waals surface area contributed by atoms with Crippen LogP contribution in [0.3, 0.4) is 0 Å². The number of aromatic nitrogens is 1. The lowest BCUT2D eigenvalue weighted by atomic mass is 10.1. The van der Waals surface area contributed by atoms with E-state index in [-0.39, 0.29) is 5.91 Å². The van der Waals surface area contributed by atoms with E-state index in [4.69, 9.17) is 5.73 Å². The van der Waals surface area contributed by atoms with Gasteiger partial charge in [0.2, 0.25) is 0 Å². The third-order valence-corrected chi connectivity index (χ3v) is 3.65. The Morgan fingerprint density at radius 2 is 1.86 bits per heavy atom. The molecular weight excluding hydrogens is 330 g/mol. The first-order valence-electron chi connectivity index (χ1n) is 6.33. The number of hydrogen-bond donors (Lipinski definition) is 2. The zero-order valence-corrected chi connectivity index (χ0v) is 12.6. The van der Waals surface area contributed by atoms with Gasteiger partial charge in [0.05, 0.1) is 5.56 Å². The number of benzene rings is 2. The van der Waals surface area contributed by atoms with Gasteiger partial charge in [-0.3, -0.25) is 9.78 Å². The van der Waals surface area contributed by atoms with E-state index in [1.54, 1.807) is 12.3 Å². The minimum Gasteiger partial charge on any atom is -0.398 e. The predicted molar refractivity (Wildman–Crippen MR) is 88.3 cm³/mol. The van der Waals surface area contributed by atoms with E-state index in [0.29, 0.717) is 11.3 Å². The molecule has 0 fully saturated rings. The summed E-state index contributed by atoms with van der Waals surface area (Å²) in [4.78, 5) is 16.1. The molecule has 21 heavy (non-hydrogen) atoms. The third kappa shape index (κ3) is 2.87. The fraction of sp³-hybridized carbons (Fsp3) is 0. The van der Waals surface area contributed by atoms with Crippen LogP contribution in [0.1, 0.15) is 10.4 Å². The van der Waals surface area contributed by atoms with E-state index in [9.17, 15) is 4.79 Å². The second-order valence-electron chi connectivity index (χ2n) is 4.62. The first-order valence-corrected chi connectivity index (χ1v) is 7.13. The Bertz CT molecular complexity index is 833. The number of nitrogens with two attached hydrogens (primary N) is 1. The minimum absolute atomic E-state index is 0.267. The molecule has 1 amide bonds. The number of pyridine rings is 1. The molecule has 0 atom stereocenters. The highest BCUT2D eigenvalue weighted by Crippen LogP contribution is 2.23. The first kappa shape index (κ1) is 13.6. The van der Waals surface area contributed by atoms with Crippen LogP contribution in [0.25, 0.3) is 10.8 Å². The zero-order valence-electron chi connectivity index (χ0n) is 11.0. The molecule has 0 aliphatic heterocycles. The van der Waals surface area contributed by atoms with Crippen LogP contribution in [-0.2, 0) is 0 Å². The van der Waals surface area contributed by atoms with Crippen molar-refractivity contribution in [1.82, 2.24) is 4.98 Å². The summed E-state index contributed by atoms with van der Waals surface area (Å²) in [6, 6.07) is 13.3. The van der Waals surface area contributed by atoms with Gasteiger partial charge in [-0.25, -0.2) is 0 Å². The van der Waals surface area contributed by atoms with Crippen molar-refractivity contribution in [3.8, 4) is 0 Å². The highest BCUT2D eigenvalue weighted by Gasteiger charge is 2.10. The molecule has 104 valence electrons. The summed E-state index contributed by atoms with van der Waals surface area (Å²) in [6.45, 7) is 0. The van der Waals surface area contributed by atoms with Crippen molar-refractivity contribution in [2.24, 2.45) is 0 Å². The molecule has 0 bridgehead atoms. The number of nitrogen functional groups attached to an aromatic ring is 1. The van der Waals surface area contributed by atoms with Gasteiger partial charge in [0, 0.05) is 28.2 Å². The Hall–Kier alpha value is -2.40. The van der Waals surface area contributed by atoms with E-state index in [1.165, 1.54) is 6.20 Å². The molecule has 3 aromatic rings. The standard InChI is InChI=1S/C16H12BrN3O/c17-12-3-1-11-8-13(4-2-10(11)7-12)20-16(21)14-9-19-6-5-15(14)18/h1-9H,(H2,18,19)(H,20,21). The summed E-state index contributed by atoms with van der Waals surface area (Å²) >= 11 is 3.44. The molecule has 3 rings (SSSR count). The topological polar surface area (TPSA) is 68.0 Å². The van der Waals surface area contributed by atoms with Gasteiger partial charge in [-0.05, 0) is 41.1 Å². The van der Waals surface area contributed by atoms with Crippen molar-refractivity contribution in [1.29, 1.82) is 0 Å². The summed E-state index contributed by atoms with van der Waals surface area (Å²) < 4.78 is 1.02. The minimum atomic E-state index is -0.267. The Morgan fingerprint density at radius 1 is 1.10 bits per heavy atom. The number of carbonyl (C=O) groups is 1. The van der Waals surface area contributed by atoms with Crippen LogP contribution in [0.2, 0.25) is 0 Å². The molecule has 0 unspecified atom stereocenters. The zero-order chi connectivity index (χ0) is 14.8. The number of nitrogens with one attached hydrogen (secondary N) is 1. The smallest absolute Gasteiger partial charge is 0.259 e. The van der Waals surface area contributed by atoms with E-state index in [2.05, 4.69) is 26.2 Å². The molecule has 0 spiro atoms. The lowest BCUT2D eigenvalue weighted by Crippen LogP contribution is -2.14. The number of amides is 1. The largest absolute Gasteiger partial charge is 0.398 e. The van der Waals surface area contributed by atoms with Gasteiger partial charge in [-0.15, -0.1) is 0 Å². The number of nitrogens with zero attached hydrogens (tertiary/aromatic N) is 1. The van der Waals surface area contributed by atoms with Crippen LogP contribution in [0.4, 0.5) is 11.4 Å². The second-order valence-corrected chi connectivity index (χ2v) is 5.54. The molecule has 0 saturated carbocycles. The van der Waals surface area contributed by atoms with Crippen LogP contribution in [-0.4, -0.2) is 10.9 Å². The van der Waals surface area contributed by atoms with E-state index < -0.39 is 0 Å². The number of halogens is 1. The molecule has 4 nitrogen and oxygen atoms in total. The summed E-state index contributed by atoms with van der Waals surface area (Å²) in [6.07, 6.45) is 3.02. The lowest BCUT2D eigenvalue weighted by molar-refractivity contribution is 0.102. The quantitative estimate of drug-likeness (QED) is 0.744. The highest BCUT2D eigenvalue weighted by atomic mass is 79.9. The molecule has 0 aliphatic rings. The molecule has 0 radical (unpaired) electrons. The summed E-state index contributed by atoms with van der Waals surface area (Å²) in [5.74, 6) is -0.267. The lowest BCUT2D eigenvalue weighted by Gasteiger charge is -2.08. The predicted octanol–water partition coefficient (Wildman–Crippen LogP) is 3.83. The van der Waals surface area contributed by atoms with Crippen LogP contribution >= 0.6 is 15.9 Å². The first-order chi connectivity index (χ1) is 10.1. The second kappa shape index (κ2) is 5.54. The van der Waals surface area contributed by atoms with Gasteiger partial charge in [0.15, 0.2) is 0 Å². The van der Waals surface area contributed by atoms with Crippen LogP contribution < -0.4 is 11.1 Å². The maximum absolute atomic E-state index is 12.2. The summed E-state index contributed by atoms with van der Waals surface area (Å²) in [7, 11) is 0. The SMILES string of the molecule is Nc1ccncc1C(=O)Nc1ccc2cc(Br)ccc2c1. The molecule has 1 aromatic heterocycles. The maximum atomic E-state index is 12.2. The van der Waals surface area contributed by atoms with Crippen molar-refractivity contribution < 1.29 is 4.79 Å². The van der Waals surface area contributed by atoms with Crippen molar-refractivity contribution in [3.05, 3.63) is 64.9 Å². The molecular formula is C16H12BrN3O. The Kier molecular flexibility index (Phi) is 3.58. The monoisotopic (exact) mass is 341 g/mol. The fourth-order valence-corrected chi connectivity index (χ4v) is 2.47. The van der Waals surface area contributed by atoms with Gasteiger partial charge < -0.3 is 11.1 Å². The molecule has 3 N–H and O–H groups in total. The van der Waals surface area contributed by atoms with Gasteiger partial charge >= 0.3 is 0 Å². The summed E-state index contributed by atoms with van der Waals surface area (Å²) in [5, 5.41) is 4.99. The Morgan fingerprint density at radius 3 is 2.67 bits per heavy atom. The molecule has 0 aliphatic carbocycles. The number of carbonyl (C=O) groups excluding carboxylic acids is 1. The molecule has 2 aromatic carbocycles. The average Bonchev–Trinajstić information content (AvgIpc) is 2.48. The van der Waals surface area contributed by atoms with Crippen LogP contribution in [0, 0.1) is 0 Å². The van der Waals surface area contributed by atoms with Crippen LogP contribution in [0.15, 0.2) is 59.3 Å². The van der Waals surface area contributed by atoms with Crippen molar-refractivity contribution in [2.45, 2.75) is 0 Å². The van der Waals surface area contributed by atoms with Crippen molar-refractivity contribution >= 4 is 44.0 Å². The van der Waals surface area contributed by atoms with Gasteiger partial charge in [-0.1, -0.05) is 28.1 Å². The molecule has 5 heteroatoms. The van der Waals surface area contributed by atoms with Crippen LogP contribution in [0.5, 0.6) is 0 Å². The molecule has 0 saturated heterocycles. The van der Waals surface area contributed by atoms with E-state index in [1.807, 2.05) is 36.4 Å². The average molecular weight is 342 g/mol. The van der Waals surface area contributed by atoms with E-state index >= 15 is 0 Å². The van der Waals surface area contributed by atoms with Gasteiger partial charge in [-0.2, -0.15) is 0 Å². The fourth-order valence-electron chi connectivity index (χ4n) is 2.09. The highest BCUT2D eigenvalue weighted by molar-refractivity contribution is 9.10. The number of hydrogen-bond acceptors (Lipinski definition) is 3.